The SMILES string of the molecule is Cc1nc(CNC2CC2)nc(Cl)c1Cc1ccc(F)cc1. The van der Waals surface area contributed by atoms with E-state index in [4.69, 9.17) is 11.6 Å². The highest BCUT2D eigenvalue weighted by molar-refractivity contribution is 6.30. The number of benzene rings is 1. The summed E-state index contributed by atoms with van der Waals surface area (Å²) in [5.74, 6) is 0.492. The lowest BCUT2D eigenvalue weighted by Gasteiger charge is -2.10. The second-order valence-electron chi connectivity index (χ2n) is 5.45. The molecule has 0 bridgehead atoms. The summed E-state index contributed by atoms with van der Waals surface area (Å²) in [6, 6.07) is 7.04. The van der Waals surface area contributed by atoms with Crippen LogP contribution in [-0.2, 0) is 13.0 Å². The normalized spacial score (nSPS) is 14.4. The molecule has 5 heteroatoms. The van der Waals surface area contributed by atoms with Crippen LogP contribution in [0.4, 0.5) is 4.39 Å². The minimum Gasteiger partial charge on any atom is -0.307 e. The van der Waals surface area contributed by atoms with Crippen molar-refractivity contribution in [2.75, 3.05) is 0 Å². The number of aromatic nitrogens is 2. The monoisotopic (exact) mass is 305 g/mol. The molecule has 1 saturated carbocycles. The molecule has 0 atom stereocenters. The van der Waals surface area contributed by atoms with Crippen LogP contribution in [0.25, 0.3) is 0 Å². The molecule has 110 valence electrons. The molecule has 1 aromatic carbocycles. The van der Waals surface area contributed by atoms with Crippen molar-refractivity contribution in [3.05, 3.63) is 57.9 Å². The molecule has 0 unspecified atom stereocenters. The Balaban J connectivity index is 1.76. The van der Waals surface area contributed by atoms with Crippen molar-refractivity contribution in [2.45, 2.75) is 38.8 Å². The highest BCUT2D eigenvalue weighted by atomic mass is 35.5. The van der Waals surface area contributed by atoms with E-state index in [1.807, 2.05) is 6.92 Å². The minimum atomic E-state index is -0.237. The van der Waals surface area contributed by atoms with E-state index in [9.17, 15) is 4.39 Å². The molecule has 0 amide bonds. The Bertz CT molecular complexity index is 615. The first-order valence-corrected chi connectivity index (χ1v) is 7.49. The van der Waals surface area contributed by atoms with Crippen molar-refractivity contribution in [3.8, 4) is 0 Å². The number of halogens is 2. The number of hydrogen-bond donors (Lipinski definition) is 1. The first kappa shape index (κ1) is 14.4. The van der Waals surface area contributed by atoms with Gasteiger partial charge in [-0.25, -0.2) is 14.4 Å². The fraction of sp³-hybridized carbons (Fsp3) is 0.375. The molecule has 1 aromatic heterocycles. The Morgan fingerprint density at radius 2 is 1.95 bits per heavy atom. The van der Waals surface area contributed by atoms with Gasteiger partial charge in [-0.05, 0) is 37.5 Å². The Morgan fingerprint density at radius 3 is 2.57 bits per heavy atom. The van der Waals surface area contributed by atoms with Gasteiger partial charge in [-0.15, -0.1) is 0 Å². The zero-order chi connectivity index (χ0) is 14.8. The molecule has 1 heterocycles. The van der Waals surface area contributed by atoms with Crippen LogP contribution in [-0.4, -0.2) is 16.0 Å². The summed E-state index contributed by atoms with van der Waals surface area (Å²) >= 11 is 6.29. The van der Waals surface area contributed by atoms with E-state index in [2.05, 4.69) is 15.3 Å². The van der Waals surface area contributed by atoms with Crippen LogP contribution in [0.1, 0.15) is 35.5 Å². The van der Waals surface area contributed by atoms with Crippen LogP contribution < -0.4 is 5.32 Å². The maximum absolute atomic E-state index is 12.9. The molecular formula is C16H17ClFN3. The smallest absolute Gasteiger partial charge is 0.144 e. The molecule has 0 radical (unpaired) electrons. The molecule has 0 aliphatic heterocycles. The fourth-order valence-corrected chi connectivity index (χ4v) is 2.53. The minimum absolute atomic E-state index is 0.237. The lowest BCUT2D eigenvalue weighted by molar-refractivity contribution is 0.627. The van der Waals surface area contributed by atoms with Crippen LogP contribution in [0.2, 0.25) is 5.15 Å². The van der Waals surface area contributed by atoms with Gasteiger partial charge in [0.15, 0.2) is 0 Å². The van der Waals surface area contributed by atoms with E-state index in [1.54, 1.807) is 12.1 Å². The molecule has 1 aliphatic carbocycles. The number of aryl methyl sites for hydroxylation is 1. The van der Waals surface area contributed by atoms with Crippen LogP contribution in [0, 0.1) is 12.7 Å². The molecule has 21 heavy (non-hydrogen) atoms. The van der Waals surface area contributed by atoms with E-state index in [-0.39, 0.29) is 5.82 Å². The molecule has 0 saturated heterocycles. The lowest BCUT2D eigenvalue weighted by atomic mass is 10.1. The van der Waals surface area contributed by atoms with Crippen molar-refractivity contribution in [3.63, 3.8) is 0 Å². The highest BCUT2D eigenvalue weighted by Gasteiger charge is 2.21. The third-order valence-corrected chi connectivity index (χ3v) is 3.94. The van der Waals surface area contributed by atoms with Gasteiger partial charge < -0.3 is 5.32 Å². The quantitative estimate of drug-likeness (QED) is 0.860. The van der Waals surface area contributed by atoms with Crippen LogP contribution >= 0.6 is 11.6 Å². The molecule has 2 aromatic rings. The predicted octanol–water partition coefficient (Wildman–Crippen LogP) is 3.42. The van der Waals surface area contributed by atoms with Gasteiger partial charge in [-0.3, -0.25) is 0 Å². The van der Waals surface area contributed by atoms with Gasteiger partial charge in [0.05, 0.1) is 6.54 Å². The highest BCUT2D eigenvalue weighted by Crippen LogP contribution is 2.22. The number of rotatable bonds is 5. The van der Waals surface area contributed by atoms with Crippen molar-refractivity contribution in [1.82, 2.24) is 15.3 Å². The second kappa shape index (κ2) is 6.08. The molecule has 3 nitrogen and oxygen atoms in total. The van der Waals surface area contributed by atoms with E-state index >= 15 is 0 Å². The van der Waals surface area contributed by atoms with Gasteiger partial charge >= 0.3 is 0 Å². The molecule has 1 aliphatic rings. The molecular weight excluding hydrogens is 289 g/mol. The number of hydrogen-bond acceptors (Lipinski definition) is 3. The van der Waals surface area contributed by atoms with E-state index in [0.717, 1.165) is 22.6 Å². The van der Waals surface area contributed by atoms with E-state index in [1.165, 1.54) is 25.0 Å². The Labute approximate surface area is 128 Å². The first-order valence-electron chi connectivity index (χ1n) is 7.11. The summed E-state index contributed by atoms with van der Waals surface area (Å²) in [4.78, 5) is 8.88. The third kappa shape index (κ3) is 3.77. The Morgan fingerprint density at radius 1 is 1.24 bits per heavy atom. The van der Waals surface area contributed by atoms with Crippen LogP contribution in [0.15, 0.2) is 24.3 Å². The van der Waals surface area contributed by atoms with Gasteiger partial charge in [0.25, 0.3) is 0 Å². The van der Waals surface area contributed by atoms with Gasteiger partial charge in [-0.2, -0.15) is 0 Å². The largest absolute Gasteiger partial charge is 0.307 e. The Hall–Kier alpha value is -1.52. The van der Waals surface area contributed by atoms with Crippen molar-refractivity contribution < 1.29 is 4.39 Å². The van der Waals surface area contributed by atoms with E-state index < -0.39 is 0 Å². The van der Waals surface area contributed by atoms with Crippen LogP contribution in [0.5, 0.6) is 0 Å². The first-order chi connectivity index (χ1) is 10.1. The maximum Gasteiger partial charge on any atom is 0.144 e. The van der Waals surface area contributed by atoms with Crippen molar-refractivity contribution in [2.24, 2.45) is 0 Å². The average molecular weight is 306 g/mol. The van der Waals surface area contributed by atoms with Gasteiger partial charge in [0.2, 0.25) is 0 Å². The van der Waals surface area contributed by atoms with Crippen molar-refractivity contribution >= 4 is 11.6 Å². The molecule has 1 N–H and O–H groups in total. The summed E-state index contributed by atoms with van der Waals surface area (Å²) in [6.07, 6.45) is 3.08. The van der Waals surface area contributed by atoms with Crippen molar-refractivity contribution in [1.29, 1.82) is 0 Å². The number of nitrogens with one attached hydrogen (secondary N) is 1. The molecule has 0 spiro atoms. The molecule has 3 rings (SSSR count). The summed E-state index contributed by atoms with van der Waals surface area (Å²) in [5, 5.41) is 3.86. The van der Waals surface area contributed by atoms with Gasteiger partial charge in [0.1, 0.15) is 16.8 Å². The maximum atomic E-state index is 12.9. The standard InChI is InChI=1S/C16H17ClFN3/c1-10-14(8-11-2-4-12(18)5-3-11)16(17)21-15(20-10)9-19-13-6-7-13/h2-5,13,19H,6-9H2,1H3. The van der Waals surface area contributed by atoms with Gasteiger partial charge in [0, 0.05) is 23.7 Å². The van der Waals surface area contributed by atoms with E-state index in [0.29, 0.717) is 24.2 Å². The predicted molar refractivity (Wildman–Crippen MR) is 80.8 cm³/mol. The zero-order valence-corrected chi connectivity index (χ0v) is 12.6. The third-order valence-electron chi connectivity index (χ3n) is 3.63. The summed E-state index contributed by atoms with van der Waals surface area (Å²) < 4.78 is 12.9. The topological polar surface area (TPSA) is 37.8 Å². The Kier molecular flexibility index (Phi) is 4.17. The zero-order valence-electron chi connectivity index (χ0n) is 11.9. The summed E-state index contributed by atoms with van der Waals surface area (Å²) in [6.45, 7) is 2.59. The molecule has 1 fully saturated rings. The van der Waals surface area contributed by atoms with Gasteiger partial charge in [-0.1, -0.05) is 23.7 Å². The number of nitrogens with zero attached hydrogens (tertiary/aromatic N) is 2. The summed E-state index contributed by atoms with van der Waals surface area (Å²) in [5.41, 5.74) is 2.78. The second-order valence-corrected chi connectivity index (χ2v) is 5.81. The lowest BCUT2D eigenvalue weighted by Crippen LogP contribution is -2.18. The average Bonchev–Trinajstić information content (AvgIpc) is 3.27. The van der Waals surface area contributed by atoms with Crippen LogP contribution in [0.3, 0.4) is 0 Å². The fourth-order valence-electron chi connectivity index (χ4n) is 2.23. The summed E-state index contributed by atoms with van der Waals surface area (Å²) in [7, 11) is 0.